The van der Waals surface area contributed by atoms with Gasteiger partial charge in [-0.2, -0.15) is 0 Å². The minimum Gasteiger partial charge on any atom is -0.481 e. The van der Waals surface area contributed by atoms with Crippen LogP contribution in [0.4, 0.5) is 0 Å². The van der Waals surface area contributed by atoms with Crippen molar-refractivity contribution < 1.29 is 9.90 Å². The van der Waals surface area contributed by atoms with Crippen LogP contribution in [0.3, 0.4) is 0 Å². The summed E-state index contributed by atoms with van der Waals surface area (Å²) in [4.78, 5) is 10.6. The predicted molar refractivity (Wildman–Crippen MR) is 52.5 cm³/mol. The maximum absolute atomic E-state index is 10.6. The average molecular weight is 180 g/mol. The molecule has 2 nitrogen and oxygen atoms in total. The van der Waals surface area contributed by atoms with Crippen LogP contribution in [0.1, 0.15) is 33.6 Å². The van der Waals surface area contributed by atoms with Crippen LogP contribution in [0, 0.1) is 5.41 Å². The molecule has 0 spiro atoms. The van der Waals surface area contributed by atoms with Crippen LogP contribution in [-0.2, 0) is 4.79 Å². The van der Waals surface area contributed by atoms with Gasteiger partial charge in [0.15, 0.2) is 0 Å². The van der Waals surface area contributed by atoms with Crippen molar-refractivity contribution in [3.05, 3.63) is 23.3 Å². The minimum absolute atomic E-state index is 0.186. The second kappa shape index (κ2) is 3.36. The first kappa shape index (κ1) is 10.0. The summed E-state index contributed by atoms with van der Waals surface area (Å²) in [5.74, 6) is -0.721. The fourth-order valence-electron chi connectivity index (χ4n) is 2.18. The normalized spacial score (nSPS) is 27.9. The first-order valence-corrected chi connectivity index (χ1v) is 4.50. The van der Waals surface area contributed by atoms with E-state index in [-0.39, 0.29) is 11.8 Å². The minimum atomic E-state index is -0.721. The Morgan fingerprint density at radius 2 is 2.23 bits per heavy atom. The molecule has 1 unspecified atom stereocenters. The number of hydrogen-bond donors (Lipinski definition) is 1. The molecule has 0 fully saturated rings. The lowest BCUT2D eigenvalue weighted by Crippen LogP contribution is -2.21. The fraction of sp³-hybridized carbons (Fsp3) is 0.545. The summed E-state index contributed by atoms with van der Waals surface area (Å²) in [6.45, 7) is 6.07. The van der Waals surface area contributed by atoms with E-state index in [4.69, 9.17) is 5.11 Å². The van der Waals surface area contributed by atoms with Gasteiger partial charge in [-0.15, -0.1) is 0 Å². The number of rotatable bonds is 2. The van der Waals surface area contributed by atoms with Crippen LogP contribution in [0.25, 0.3) is 0 Å². The lowest BCUT2D eigenvalue weighted by atomic mass is 9.76. The van der Waals surface area contributed by atoms with Crippen molar-refractivity contribution in [1.29, 1.82) is 0 Å². The zero-order valence-corrected chi connectivity index (χ0v) is 8.42. The summed E-state index contributed by atoms with van der Waals surface area (Å²) in [6.07, 6.45) is 5.25. The van der Waals surface area contributed by atoms with Gasteiger partial charge < -0.3 is 5.11 Å². The molecule has 0 saturated heterocycles. The molecule has 0 heterocycles. The molecule has 2 heteroatoms. The molecule has 0 aromatic carbocycles. The van der Waals surface area contributed by atoms with Gasteiger partial charge in [-0.3, -0.25) is 4.79 Å². The molecule has 0 bridgehead atoms. The molecule has 0 amide bonds. The molecular formula is C11H16O2. The van der Waals surface area contributed by atoms with Crippen LogP contribution < -0.4 is 0 Å². The van der Waals surface area contributed by atoms with Gasteiger partial charge in [0, 0.05) is 5.41 Å². The zero-order valence-electron chi connectivity index (χ0n) is 8.42. The van der Waals surface area contributed by atoms with Crippen molar-refractivity contribution in [1.82, 2.24) is 0 Å². The quantitative estimate of drug-likeness (QED) is 0.709. The molecule has 0 radical (unpaired) electrons. The van der Waals surface area contributed by atoms with E-state index in [1.807, 2.05) is 13.8 Å². The Kier molecular flexibility index (Phi) is 2.60. The van der Waals surface area contributed by atoms with Crippen LogP contribution >= 0.6 is 0 Å². The van der Waals surface area contributed by atoms with Gasteiger partial charge in [0.25, 0.3) is 0 Å². The first-order chi connectivity index (χ1) is 5.91. The SMILES string of the molecule is CC1=CC(C)(CC(=O)O)CC(C)=C1. The molecule has 1 N–H and O–H groups in total. The van der Waals surface area contributed by atoms with Crippen molar-refractivity contribution in [2.24, 2.45) is 5.41 Å². The molecule has 0 aromatic rings. The van der Waals surface area contributed by atoms with Gasteiger partial charge in [0.1, 0.15) is 0 Å². The molecule has 0 saturated carbocycles. The number of carboxylic acid groups (broad SMARTS) is 1. The first-order valence-electron chi connectivity index (χ1n) is 4.50. The molecular weight excluding hydrogens is 164 g/mol. The van der Waals surface area contributed by atoms with Crippen LogP contribution in [-0.4, -0.2) is 11.1 Å². The van der Waals surface area contributed by atoms with Crippen molar-refractivity contribution in [2.45, 2.75) is 33.6 Å². The number of carboxylic acids is 1. The molecule has 0 aliphatic heterocycles. The standard InChI is InChI=1S/C11H16O2/c1-8-4-9(2)6-11(3,5-8)7-10(12)13/h4-5H,6-7H2,1-3H3,(H,12,13). The number of hydrogen-bond acceptors (Lipinski definition) is 1. The Hall–Kier alpha value is -1.05. The Balaban J connectivity index is 2.83. The highest BCUT2D eigenvalue weighted by Gasteiger charge is 2.27. The fourth-order valence-corrected chi connectivity index (χ4v) is 2.18. The number of carbonyl (C=O) groups is 1. The van der Waals surface area contributed by atoms with E-state index >= 15 is 0 Å². The molecule has 1 aliphatic rings. The predicted octanol–water partition coefficient (Wildman–Crippen LogP) is 2.76. The Morgan fingerprint density at radius 1 is 1.62 bits per heavy atom. The number of aliphatic carboxylic acids is 1. The highest BCUT2D eigenvalue weighted by Crippen LogP contribution is 2.36. The summed E-state index contributed by atoms with van der Waals surface area (Å²) in [7, 11) is 0. The van der Waals surface area contributed by atoms with E-state index in [0.717, 1.165) is 6.42 Å². The van der Waals surface area contributed by atoms with Crippen molar-refractivity contribution in [2.75, 3.05) is 0 Å². The second-order valence-corrected chi connectivity index (χ2v) is 4.28. The van der Waals surface area contributed by atoms with E-state index < -0.39 is 5.97 Å². The van der Waals surface area contributed by atoms with Gasteiger partial charge in [-0.05, 0) is 20.3 Å². The Labute approximate surface area is 79.0 Å². The second-order valence-electron chi connectivity index (χ2n) is 4.28. The van der Waals surface area contributed by atoms with E-state index in [1.165, 1.54) is 11.1 Å². The average Bonchev–Trinajstić information content (AvgIpc) is 1.77. The molecule has 1 rings (SSSR count). The third-order valence-corrected chi connectivity index (χ3v) is 2.29. The van der Waals surface area contributed by atoms with Gasteiger partial charge >= 0.3 is 5.97 Å². The number of allylic oxidation sites excluding steroid dienone is 4. The monoisotopic (exact) mass is 180 g/mol. The summed E-state index contributed by atoms with van der Waals surface area (Å²) >= 11 is 0. The van der Waals surface area contributed by atoms with Crippen molar-refractivity contribution in [3.8, 4) is 0 Å². The maximum Gasteiger partial charge on any atom is 0.304 e. The summed E-state index contributed by atoms with van der Waals surface area (Å²) in [5.41, 5.74) is 2.26. The Morgan fingerprint density at radius 3 is 2.69 bits per heavy atom. The van der Waals surface area contributed by atoms with E-state index in [1.54, 1.807) is 0 Å². The molecule has 1 atom stereocenters. The van der Waals surface area contributed by atoms with Gasteiger partial charge in [-0.1, -0.05) is 30.2 Å². The van der Waals surface area contributed by atoms with Gasteiger partial charge in [-0.25, -0.2) is 0 Å². The lowest BCUT2D eigenvalue weighted by molar-refractivity contribution is -0.138. The van der Waals surface area contributed by atoms with Gasteiger partial charge in [0.05, 0.1) is 6.42 Å². The van der Waals surface area contributed by atoms with E-state index in [9.17, 15) is 4.79 Å². The maximum atomic E-state index is 10.6. The van der Waals surface area contributed by atoms with Crippen LogP contribution in [0.2, 0.25) is 0 Å². The molecule has 0 aromatic heterocycles. The lowest BCUT2D eigenvalue weighted by Gasteiger charge is -2.28. The van der Waals surface area contributed by atoms with E-state index in [0.29, 0.717) is 0 Å². The van der Waals surface area contributed by atoms with Gasteiger partial charge in [0.2, 0.25) is 0 Å². The third kappa shape index (κ3) is 2.72. The smallest absolute Gasteiger partial charge is 0.304 e. The topological polar surface area (TPSA) is 37.3 Å². The Bertz CT molecular complexity index is 282. The highest BCUT2D eigenvalue weighted by molar-refractivity contribution is 5.68. The highest BCUT2D eigenvalue weighted by atomic mass is 16.4. The molecule has 1 aliphatic carbocycles. The molecule has 72 valence electrons. The largest absolute Gasteiger partial charge is 0.481 e. The van der Waals surface area contributed by atoms with E-state index in [2.05, 4.69) is 19.1 Å². The zero-order chi connectivity index (χ0) is 10.1. The summed E-state index contributed by atoms with van der Waals surface area (Å²) in [5, 5.41) is 8.75. The van der Waals surface area contributed by atoms with Crippen molar-refractivity contribution >= 4 is 5.97 Å². The summed E-state index contributed by atoms with van der Waals surface area (Å²) in [6, 6.07) is 0. The van der Waals surface area contributed by atoms with Crippen LogP contribution in [0.15, 0.2) is 23.3 Å². The van der Waals surface area contributed by atoms with Crippen LogP contribution in [0.5, 0.6) is 0 Å². The molecule has 13 heavy (non-hydrogen) atoms. The van der Waals surface area contributed by atoms with Crippen molar-refractivity contribution in [3.63, 3.8) is 0 Å². The summed E-state index contributed by atoms with van der Waals surface area (Å²) < 4.78 is 0. The third-order valence-electron chi connectivity index (χ3n) is 2.29.